The standard InChI is InChI=1S/C21H18F3O3P.HO3P/c1-26-28(25,27-2)21(15-7-11-17(22)12-8-15,16-9-13-18(23)14-10-16)19-5-3-4-6-20(19)24;1-4(2)3/h3-14H,1-2H3;(H-,1,2,3)/p+1. The molecule has 0 heterocycles. The van der Waals surface area contributed by atoms with Crippen LogP contribution in [0.25, 0.3) is 0 Å². The molecule has 6 nitrogen and oxygen atoms in total. The highest BCUT2D eigenvalue weighted by atomic mass is 31.2. The van der Waals surface area contributed by atoms with E-state index < -0.39 is 38.5 Å². The molecule has 3 aromatic rings. The van der Waals surface area contributed by atoms with E-state index in [9.17, 15) is 13.3 Å². The first-order valence-electron chi connectivity index (χ1n) is 8.96. The summed E-state index contributed by atoms with van der Waals surface area (Å²) in [4.78, 5) is 14.2. The Morgan fingerprint density at radius 1 is 0.781 bits per heavy atom. The van der Waals surface area contributed by atoms with Crippen LogP contribution in [0.1, 0.15) is 16.7 Å². The maximum absolute atomic E-state index is 15.0. The van der Waals surface area contributed by atoms with Crippen molar-refractivity contribution in [3.05, 3.63) is 107 Å². The van der Waals surface area contributed by atoms with Gasteiger partial charge in [-0.3, -0.25) is 4.57 Å². The highest BCUT2D eigenvalue weighted by Crippen LogP contribution is 2.70. The minimum atomic E-state index is -4.13. The van der Waals surface area contributed by atoms with Crippen LogP contribution in [0.15, 0.2) is 72.8 Å². The Morgan fingerprint density at radius 3 is 1.50 bits per heavy atom. The van der Waals surface area contributed by atoms with Crippen LogP contribution >= 0.6 is 15.9 Å². The molecule has 0 aliphatic carbocycles. The average molecular weight is 487 g/mol. The number of hydrogen-bond acceptors (Lipinski definition) is 4. The van der Waals surface area contributed by atoms with Gasteiger partial charge in [-0.15, -0.1) is 9.79 Å². The number of benzene rings is 3. The van der Waals surface area contributed by atoms with Crippen molar-refractivity contribution in [2.45, 2.75) is 5.16 Å². The van der Waals surface area contributed by atoms with E-state index in [0.29, 0.717) is 0 Å². The molecule has 0 saturated carbocycles. The van der Waals surface area contributed by atoms with Crippen molar-refractivity contribution >= 4 is 15.9 Å². The molecule has 11 heteroatoms. The van der Waals surface area contributed by atoms with Crippen molar-refractivity contribution in [2.24, 2.45) is 0 Å². The first kappa shape index (κ1) is 25.9. The molecule has 0 saturated heterocycles. The summed E-state index contributed by atoms with van der Waals surface area (Å²) in [6, 6.07) is 16.0. The maximum atomic E-state index is 15.0. The van der Waals surface area contributed by atoms with Crippen LogP contribution in [0.4, 0.5) is 13.2 Å². The van der Waals surface area contributed by atoms with Gasteiger partial charge < -0.3 is 9.05 Å². The summed E-state index contributed by atoms with van der Waals surface area (Å²) in [5.74, 6) is -1.70. The first-order valence-corrected chi connectivity index (χ1v) is 11.7. The monoisotopic (exact) mass is 487 g/mol. The Labute approximate surface area is 183 Å². The summed E-state index contributed by atoms with van der Waals surface area (Å²) in [6.45, 7) is 0. The summed E-state index contributed by atoms with van der Waals surface area (Å²) in [7, 11) is -4.63. The van der Waals surface area contributed by atoms with E-state index in [-0.39, 0.29) is 16.7 Å². The van der Waals surface area contributed by atoms with Crippen LogP contribution < -0.4 is 0 Å². The molecule has 3 aromatic carbocycles. The molecule has 170 valence electrons. The van der Waals surface area contributed by atoms with Gasteiger partial charge in [0.2, 0.25) is 0 Å². The summed E-state index contributed by atoms with van der Waals surface area (Å²) in [5.41, 5.74) is 0.551. The third kappa shape index (κ3) is 5.15. The molecular formula is C21H20F3O6P2+. The molecule has 0 unspecified atom stereocenters. The van der Waals surface area contributed by atoms with Crippen molar-refractivity contribution < 1.29 is 41.1 Å². The molecule has 0 fully saturated rings. The molecule has 0 radical (unpaired) electrons. The van der Waals surface area contributed by atoms with Gasteiger partial charge in [0, 0.05) is 24.3 Å². The molecule has 0 aromatic heterocycles. The summed E-state index contributed by atoms with van der Waals surface area (Å²) in [5, 5.41) is -1.79. The molecule has 3 rings (SSSR count). The van der Waals surface area contributed by atoms with Crippen molar-refractivity contribution in [1.29, 1.82) is 0 Å². The lowest BCUT2D eigenvalue weighted by molar-refractivity contribution is 0.258. The van der Waals surface area contributed by atoms with E-state index in [1.807, 2.05) is 0 Å². The quantitative estimate of drug-likeness (QED) is 0.352. The largest absolute Gasteiger partial charge is 0.692 e. The Morgan fingerprint density at radius 2 is 1.16 bits per heavy atom. The lowest BCUT2D eigenvalue weighted by Crippen LogP contribution is -2.32. The van der Waals surface area contributed by atoms with Crippen molar-refractivity contribution in [1.82, 2.24) is 0 Å². The van der Waals surface area contributed by atoms with Gasteiger partial charge in [0.25, 0.3) is 0 Å². The number of hydrogen-bond donors (Lipinski definition) is 2. The Balaban J connectivity index is 0.000000837. The van der Waals surface area contributed by atoms with Crippen LogP contribution in [0.5, 0.6) is 0 Å². The predicted octanol–water partition coefficient (Wildman–Crippen LogP) is 5.51. The fourth-order valence-electron chi connectivity index (χ4n) is 3.43. The molecule has 0 amide bonds. The summed E-state index contributed by atoms with van der Waals surface area (Å²) < 4.78 is 75.5. The highest BCUT2D eigenvalue weighted by Gasteiger charge is 2.55. The maximum Gasteiger partial charge on any atom is 0.692 e. The van der Waals surface area contributed by atoms with Crippen molar-refractivity contribution in [2.75, 3.05) is 14.2 Å². The molecule has 0 aliphatic rings. The summed E-state index contributed by atoms with van der Waals surface area (Å²) in [6.07, 6.45) is 0. The Kier molecular flexibility index (Phi) is 8.87. The van der Waals surface area contributed by atoms with Gasteiger partial charge in [0.05, 0.1) is 0 Å². The van der Waals surface area contributed by atoms with E-state index in [1.165, 1.54) is 80.9 Å². The summed E-state index contributed by atoms with van der Waals surface area (Å²) >= 11 is 0. The van der Waals surface area contributed by atoms with E-state index in [0.717, 1.165) is 0 Å². The lowest BCUT2D eigenvalue weighted by atomic mass is 9.83. The van der Waals surface area contributed by atoms with Gasteiger partial charge in [-0.25, -0.2) is 13.2 Å². The number of rotatable bonds is 6. The second kappa shape index (κ2) is 11.0. The fourth-order valence-corrected chi connectivity index (χ4v) is 5.53. The van der Waals surface area contributed by atoms with E-state index in [1.54, 1.807) is 6.07 Å². The van der Waals surface area contributed by atoms with Gasteiger partial charge in [0.15, 0.2) is 0 Å². The minimum Gasteiger partial charge on any atom is -0.311 e. The Hall–Kier alpha value is -2.38. The highest BCUT2D eigenvalue weighted by molar-refractivity contribution is 7.55. The molecule has 0 bridgehead atoms. The topological polar surface area (TPSA) is 93.1 Å². The number of halogens is 3. The second-order valence-electron chi connectivity index (χ2n) is 6.32. The molecule has 2 N–H and O–H groups in total. The van der Waals surface area contributed by atoms with Crippen LogP contribution in [0, 0.1) is 17.5 Å². The van der Waals surface area contributed by atoms with Gasteiger partial charge in [-0.2, -0.15) is 0 Å². The zero-order valence-electron chi connectivity index (χ0n) is 17.0. The van der Waals surface area contributed by atoms with Crippen molar-refractivity contribution in [3.8, 4) is 0 Å². The van der Waals surface area contributed by atoms with Crippen molar-refractivity contribution in [3.63, 3.8) is 0 Å². The normalized spacial score (nSPS) is 11.5. The van der Waals surface area contributed by atoms with Crippen LogP contribution in [0.3, 0.4) is 0 Å². The second-order valence-corrected chi connectivity index (χ2v) is 9.22. The van der Waals surface area contributed by atoms with Gasteiger partial charge in [0.1, 0.15) is 22.6 Å². The Bertz CT molecular complexity index is 1050. The molecule has 0 aliphatic heterocycles. The van der Waals surface area contributed by atoms with E-state index >= 15 is 4.39 Å². The SMILES string of the molecule is COP(=O)(OC)C(c1ccc(F)cc1)(c1ccc(F)cc1)c1ccccc1F.O=[P+](O)O. The molecule has 0 atom stereocenters. The van der Waals surface area contributed by atoms with Crippen LogP contribution in [-0.4, -0.2) is 24.0 Å². The third-order valence-electron chi connectivity index (χ3n) is 4.68. The predicted molar refractivity (Wildman–Crippen MR) is 113 cm³/mol. The molecular weight excluding hydrogens is 467 g/mol. The lowest BCUT2D eigenvalue weighted by Gasteiger charge is -2.39. The zero-order chi connectivity index (χ0) is 23.9. The van der Waals surface area contributed by atoms with Gasteiger partial charge >= 0.3 is 15.9 Å². The molecule has 32 heavy (non-hydrogen) atoms. The van der Waals surface area contributed by atoms with E-state index in [2.05, 4.69) is 0 Å². The molecule has 0 spiro atoms. The van der Waals surface area contributed by atoms with Gasteiger partial charge in [-0.1, -0.05) is 42.5 Å². The van der Waals surface area contributed by atoms with Gasteiger partial charge in [-0.05, 0) is 41.5 Å². The van der Waals surface area contributed by atoms with Crippen LogP contribution in [0.2, 0.25) is 0 Å². The minimum absolute atomic E-state index is 0.000231. The smallest absolute Gasteiger partial charge is 0.311 e. The zero-order valence-corrected chi connectivity index (χ0v) is 18.8. The fraction of sp³-hybridized carbons (Fsp3) is 0.143. The average Bonchev–Trinajstić information content (AvgIpc) is 2.77. The third-order valence-corrected chi connectivity index (χ3v) is 7.22. The van der Waals surface area contributed by atoms with E-state index in [4.69, 9.17) is 23.4 Å². The van der Waals surface area contributed by atoms with Crippen LogP contribution in [-0.2, 0) is 23.3 Å². The first-order chi connectivity index (χ1) is 15.1.